The van der Waals surface area contributed by atoms with Crippen molar-refractivity contribution in [2.24, 2.45) is 5.92 Å². The molecule has 1 aliphatic rings. The van der Waals surface area contributed by atoms with Crippen LogP contribution in [0.5, 0.6) is 0 Å². The Hall–Kier alpha value is -1.16. The Balaban J connectivity index is 2.16. The third kappa shape index (κ3) is 2.16. The van der Waals surface area contributed by atoms with Gasteiger partial charge in [0.2, 0.25) is 0 Å². The van der Waals surface area contributed by atoms with E-state index in [4.69, 9.17) is 0 Å². The molecular weight excluding hydrogens is 202 g/mol. The van der Waals surface area contributed by atoms with E-state index in [1.807, 2.05) is 4.57 Å². The molecule has 0 amide bonds. The minimum Gasteiger partial charge on any atom is -0.326 e. The van der Waals surface area contributed by atoms with Crippen molar-refractivity contribution >= 4 is 5.78 Å². The highest BCUT2D eigenvalue weighted by Crippen LogP contribution is 2.19. The molecule has 0 radical (unpaired) electrons. The summed E-state index contributed by atoms with van der Waals surface area (Å²) in [5, 5.41) is 3.28. The first-order valence-corrected chi connectivity index (χ1v) is 5.97. The van der Waals surface area contributed by atoms with Crippen LogP contribution in [0.1, 0.15) is 43.2 Å². The van der Waals surface area contributed by atoms with Crippen LogP contribution in [0.2, 0.25) is 0 Å². The molecule has 4 heteroatoms. The second kappa shape index (κ2) is 4.78. The first-order chi connectivity index (χ1) is 7.70. The number of hydrogen-bond donors (Lipinski definition) is 1. The van der Waals surface area contributed by atoms with Gasteiger partial charge in [0.05, 0.1) is 12.5 Å². The van der Waals surface area contributed by atoms with Gasteiger partial charge < -0.3 is 9.88 Å². The number of imidazole rings is 1. The molecule has 1 fully saturated rings. The molecule has 0 atom stereocenters. The predicted octanol–water partition coefficient (Wildman–Crippen LogP) is 1.65. The Bertz CT molecular complexity index is 364. The number of piperidine rings is 1. The number of Topliss-reactive ketones (excluding diaryl/α,β-unsaturated/α-hetero) is 1. The molecule has 4 nitrogen and oxygen atoms in total. The Labute approximate surface area is 96.1 Å². The van der Waals surface area contributed by atoms with Gasteiger partial charge >= 0.3 is 0 Å². The van der Waals surface area contributed by atoms with Gasteiger partial charge in [0.25, 0.3) is 0 Å². The van der Waals surface area contributed by atoms with Crippen molar-refractivity contribution in [3.63, 3.8) is 0 Å². The number of nitrogens with zero attached hydrogens (tertiary/aromatic N) is 2. The molecule has 1 aromatic rings. The zero-order valence-electron chi connectivity index (χ0n) is 9.94. The zero-order chi connectivity index (χ0) is 11.5. The third-order valence-corrected chi connectivity index (χ3v) is 3.18. The van der Waals surface area contributed by atoms with E-state index < -0.39 is 0 Å². The van der Waals surface area contributed by atoms with E-state index in [0.29, 0.717) is 6.04 Å². The van der Waals surface area contributed by atoms with E-state index in [1.165, 1.54) is 0 Å². The van der Waals surface area contributed by atoms with Gasteiger partial charge in [-0.3, -0.25) is 4.79 Å². The van der Waals surface area contributed by atoms with E-state index in [-0.39, 0.29) is 11.7 Å². The maximum Gasteiger partial charge on any atom is 0.184 e. The van der Waals surface area contributed by atoms with E-state index in [9.17, 15) is 4.79 Å². The molecule has 1 saturated heterocycles. The van der Waals surface area contributed by atoms with Crippen LogP contribution in [0.3, 0.4) is 0 Å². The molecule has 0 bridgehead atoms. The summed E-state index contributed by atoms with van der Waals surface area (Å²) in [6, 6.07) is 0.295. The smallest absolute Gasteiger partial charge is 0.184 e. The van der Waals surface area contributed by atoms with Crippen LogP contribution in [0, 0.1) is 5.92 Å². The first kappa shape index (κ1) is 11.3. The zero-order valence-corrected chi connectivity index (χ0v) is 9.94. The standard InChI is InChI=1S/C12H19N3O/c1-9(2)15-8-14-7-11(15)12(16)10-3-5-13-6-4-10/h7-10,13H,3-6H2,1-2H3. The van der Waals surface area contributed by atoms with Crippen molar-refractivity contribution in [2.45, 2.75) is 32.7 Å². The number of carbonyl (C=O) groups excluding carboxylic acids is 1. The fourth-order valence-corrected chi connectivity index (χ4v) is 2.20. The highest BCUT2D eigenvalue weighted by molar-refractivity contribution is 5.96. The fraction of sp³-hybridized carbons (Fsp3) is 0.667. The monoisotopic (exact) mass is 221 g/mol. The average molecular weight is 221 g/mol. The Morgan fingerprint density at radius 1 is 1.50 bits per heavy atom. The number of aromatic nitrogens is 2. The van der Waals surface area contributed by atoms with Gasteiger partial charge in [0.15, 0.2) is 5.78 Å². The van der Waals surface area contributed by atoms with Crippen LogP contribution >= 0.6 is 0 Å². The maximum absolute atomic E-state index is 12.3. The van der Waals surface area contributed by atoms with Crippen LogP contribution in [-0.2, 0) is 0 Å². The SMILES string of the molecule is CC(C)n1cncc1C(=O)C1CCNCC1. The van der Waals surface area contributed by atoms with Crippen molar-refractivity contribution in [3.8, 4) is 0 Å². The summed E-state index contributed by atoms with van der Waals surface area (Å²) in [5.41, 5.74) is 0.766. The number of carbonyl (C=O) groups is 1. The van der Waals surface area contributed by atoms with Crippen LogP contribution < -0.4 is 5.32 Å². The van der Waals surface area contributed by atoms with Crippen molar-refractivity contribution in [3.05, 3.63) is 18.2 Å². The van der Waals surface area contributed by atoms with Gasteiger partial charge in [0.1, 0.15) is 5.69 Å². The molecule has 1 aromatic heterocycles. The normalized spacial score (nSPS) is 17.9. The van der Waals surface area contributed by atoms with Crippen LogP contribution in [0.15, 0.2) is 12.5 Å². The molecule has 16 heavy (non-hydrogen) atoms. The second-order valence-corrected chi connectivity index (χ2v) is 4.67. The highest BCUT2D eigenvalue weighted by atomic mass is 16.1. The highest BCUT2D eigenvalue weighted by Gasteiger charge is 2.25. The van der Waals surface area contributed by atoms with E-state index in [1.54, 1.807) is 12.5 Å². The summed E-state index contributed by atoms with van der Waals surface area (Å²) in [5.74, 6) is 0.433. The van der Waals surface area contributed by atoms with Crippen molar-refractivity contribution in [1.82, 2.24) is 14.9 Å². The van der Waals surface area contributed by atoms with Gasteiger partial charge in [-0.2, -0.15) is 0 Å². The first-order valence-electron chi connectivity index (χ1n) is 5.97. The molecule has 88 valence electrons. The van der Waals surface area contributed by atoms with Crippen molar-refractivity contribution < 1.29 is 4.79 Å². The topological polar surface area (TPSA) is 46.9 Å². The molecule has 0 aliphatic carbocycles. The lowest BCUT2D eigenvalue weighted by Crippen LogP contribution is -2.32. The van der Waals surface area contributed by atoms with E-state index in [2.05, 4.69) is 24.1 Å². The molecular formula is C12H19N3O. The van der Waals surface area contributed by atoms with E-state index >= 15 is 0 Å². The lowest BCUT2D eigenvalue weighted by molar-refractivity contribution is 0.0884. The molecule has 0 aromatic carbocycles. The van der Waals surface area contributed by atoms with Gasteiger partial charge in [-0.25, -0.2) is 4.98 Å². The number of ketones is 1. The lowest BCUT2D eigenvalue weighted by atomic mass is 9.92. The number of rotatable bonds is 3. The van der Waals surface area contributed by atoms with E-state index in [0.717, 1.165) is 31.6 Å². The Morgan fingerprint density at radius 2 is 2.19 bits per heavy atom. The summed E-state index contributed by atoms with van der Waals surface area (Å²) >= 11 is 0. The molecule has 0 saturated carbocycles. The number of nitrogens with one attached hydrogen (secondary N) is 1. The molecule has 2 rings (SSSR count). The minimum absolute atomic E-state index is 0.176. The maximum atomic E-state index is 12.3. The third-order valence-electron chi connectivity index (χ3n) is 3.18. The van der Waals surface area contributed by atoms with Gasteiger partial charge in [-0.15, -0.1) is 0 Å². The minimum atomic E-state index is 0.176. The van der Waals surface area contributed by atoms with Crippen molar-refractivity contribution in [2.75, 3.05) is 13.1 Å². The summed E-state index contributed by atoms with van der Waals surface area (Å²) in [7, 11) is 0. The van der Waals surface area contributed by atoms with Gasteiger partial charge in [0, 0.05) is 12.0 Å². The molecule has 1 N–H and O–H groups in total. The predicted molar refractivity (Wildman–Crippen MR) is 62.5 cm³/mol. The molecule has 2 heterocycles. The lowest BCUT2D eigenvalue weighted by Gasteiger charge is -2.22. The summed E-state index contributed by atoms with van der Waals surface area (Å²) in [6.07, 6.45) is 5.34. The summed E-state index contributed by atoms with van der Waals surface area (Å²) < 4.78 is 1.96. The van der Waals surface area contributed by atoms with Crippen LogP contribution in [-0.4, -0.2) is 28.4 Å². The number of hydrogen-bond acceptors (Lipinski definition) is 3. The van der Waals surface area contributed by atoms with Gasteiger partial charge in [-0.1, -0.05) is 0 Å². The summed E-state index contributed by atoms with van der Waals surface area (Å²) in [4.78, 5) is 16.4. The van der Waals surface area contributed by atoms with Crippen LogP contribution in [0.25, 0.3) is 0 Å². The summed E-state index contributed by atoms with van der Waals surface area (Å²) in [6.45, 7) is 6.04. The molecule has 0 spiro atoms. The molecule has 0 unspecified atom stereocenters. The largest absolute Gasteiger partial charge is 0.326 e. The van der Waals surface area contributed by atoms with Crippen LogP contribution in [0.4, 0.5) is 0 Å². The van der Waals surface area contributed by atoms with Crippen molar-refractivity contribution in [1.29, 1.82) is 0 Å². The Kier molecular flexibility index (Phi) is 3.39. The average Bonchev–Trinajstić information content (AvgIpc) is 2.78. The van der Waals surface area contributed by atoms with Gasteiger partial charge in [-0.05, 0) is 39.8 Å². The fourth-order valence-electron chi connectivity index (χ4n) is 2.20. The molecule has 1 aliphatic heterocycles. The Morgan fingerprint density at radius 3 is 2.81 bits per heavy atom. The second-order valence-electron chi connectivity index (χ2n) is 4.67. The quantitative estimate of drug-likeness (QED) is 0.789.